The average Bonchev–Trinajstić information content (AvgIpc) is 3.33. The van der Waals surface area contributed by atoms with Crippen molar-refractivity contribution in [2.75, 3.05) is 23.3 Å². The Morgan fingerprint density at radius 3 is 2.57 bits per heavy atom. The molecular formula is C29H30N4O4. The molecule has 1 saturated heterocycles. The number of amides is 1. The number of carbonyl (C=O) groups is 1. The molecule has 0 spiro atoms. The summed E-state index contributed by atoms with van der Waals surface area (Å²) in [6.45, 7) is 7.72. The number of aryl methyl sites for hydroxylation is 1. The number of fused-ring (bicyclic) bond motifs is 1. The van der Waals surface area contributed by atoms with Gasteiger partial charge in [-0.15, -0.1) is 0 Å². The smallest absolute Gasteiger partial charge is 0.293 e. The normalized spacial score (nSPS) is 13.8. The maximum absolute atomic E-state index is 13.1. The quantitative estimate of drug-likeness (QED) is 0.225. The topological polar surface area (TPSA) is 102 Å². The molecule has 1 N–H and O–H groups in total. The number of piperidine rings is 1. The summed E-state index contributed by atoms with van der Waals surface area (Å²) >= 11 is 0. The third-order valence-electron chi connectivity index (χ3n) is 6.94. The van der Waals surface area contributed by atoms with Crippen LogP contribution in [0.1, 0.15) is 60.5 Å². The molecule has 3 aromatic carbocycles. The Balaban J connectivity index is 1.41. The van der Waals surface area contributed by atoms with Crippen molar-refractivity contribution in [1.82, 2.24) is 4.98 Å². The molecule has 1 aromatic heterocycles. The fourth-order valence-electron chi connectivity index (χ4n) is 4.72. The van der Waals surface area contributed by atoms with E-state index < -0.39 is 10.8 Å². The zero-order valence-electron chi connectivity index (χ0n) is 21.3. The highest BCUT2D eigenvalue weighted by atomic mass is 16.6. The van der Waals surface area contributed by atoms with E-state index in [1.807, 2.05) is 48.2 Å². The van der Waals surface area contributed by atoms with Crippen molar-refractivity contribution in [3.05, 3.63) is 81.4 Å². The van der Waals surface area contributed by atoms with Crippen molar-refractivity contribution in [2.24, 2.45) is 0 Å². The summed E-state index contributed by atoms with van der Waals surface area (Å²) in [5, 5.41) is 14.7. The average molecular weight is 499 g/mol. The third kappa shape index (κ3) is 5.05. The van der Waals surface area contributed by atoms with Gasteiger partial charge in [-0.2, -0.15) is 0 Å². The number of nitrogens with zero attached hydrogens (tertiary/aromatic N) is 3. The highest BCUT2D eigenvalue weighted by Crippen LogP contribution is 2.33. The van der Waals surface area contributed by atoms with E-state index in [-0.39, 0.29) is 11.3 Å². The van der Waals surface area contributed by atoms with Gasteiger partial charge >= 0.3 is 0 Å². The van der Waals surface area contributed by atoms with Crippen LogP contribution in [-0.2, 0) is 0 Å². The molecular weight excluding hydrogens is 468 g/mol. The van der Waals surface area contributed by atoms with Crippen LogP contribution in [0.2, 0.25) is 0 Å². The fraction of sp³-hybridized carbons (Fsp3) is 0.310. The molecule has 0 saturated carbocycles. The first-order valence-corrected chi connectivity index (χ1v) is 12.7. The van der Waals surface area contributed by atoms with Gasteiger partial charge in [0.25, 0.3) is 11.6 Å². The summed E-state index contributed by atoms with van der Waals surface area (Å²) in [5.74, 6) is 0.441. The van der Waals surface area contributed by atoms with Crippen molar-refractivity contribution in [3.8, 4) is 11.5 Å². The summed E-state index contributed by atoms with van der Waals surface area (Å²) in [7, 11) is 0. The van der Waals surface area contributed by atoms with Gasteiger partial charge in [-0.3, -0.25) is 14.9 Å². The Labute approximate surface area is 215 Å². The van der Waals surface area contributed by atoms with Gasteiger partial charge in [0.15, 0.2) is 5.58 Å². The highest BCUT2D eigenvalue weighted by Gasteiger charge is 2.23. The molecule has 1 amide bonds. The number of oxazole rings is 1. The number of carbonyl (C=O) groups excluding carboxylic acids is 1. The van der Waals surface area contributed by atoms with Gasteiger partial charge in [-0.25, -0.2) is 4.98 Å². The first-order valence-electron chi connectivity index (χ1n) is 12.7. The monoisotopic (exact) mass is 498 g/mol. The molecule has 1 aliphatic rings. The standard InChI is InChI=1S/C29H30N4O4/c1-18(2)20-10-12-27-24(15-20)31-29(37-27)22-8-7-19(3)23(16-22)30-28(34)21-9-11-25(26(17-21)33(35)36)32-13-5-4-6-14-32/h7-12,15-18H,4-6,13-14H2,1-3H3,(H,30,34). The predicted octanol–water partition coefficient (Wildman–Crippen LogP) is 7.08. The van der Waals surface area contributed by atoms with Gasteiger partial charge < -0.3 is 14.6 Å². The van der Waals surface area contributed by atoms with Crippen molar-refractivity contribution in [3.63, 3.8) is 0 Å². The predicted molar refractivity (Wildman–Crippen MR) is 145 cm³/mol. The minimum Gasteiger partial charge on any atom is -0.436 e. The van der Waals surface area contributed by atoms with Crippen LogP contribution in [0.3, 0.4) is 0 Å². The van der Waals surface area contributed by atoms with Crippen LogP contribution in [-0.4, -0.2) is 28.9 Å². The molecule has 5 rings (SSSR count). The van der Waals surface area contributed by atoms with Crippen molar-refractivity contribution in [1.29, 1.82) is 0 Å². The van der Waals surface area contributed by atoms with Crippen LogP contribution < -0.4 is 10.2 Å². The molecule has 2 heterocycles. The molecule has 0 atom stereocenters. The van der Waals surface area contributed by atoms with E-state index in [4.69, 9.17) is 4.42 Å². The Morgan fingerprint density at radius 2 is 1.84 bits per heavy atom. The minimum absolute atomic E-state index is 0.0488. The van der Waals surface area contributed by atoms with Crippen LogP contribution in [0.15, 0.2) is 59.0 Å². The largest absolute Gasteiger partial charge is 0.436 e. The fourth-order valence-corrected chi connectivity index (χ4v) is 4.72. The van der Waals surface area contributed by atoms with Crippen LogP contribution in [0.25, 0.3) is 22.6 Å². The van der Waals surface area contributed by atoms with E-state index in [9.17, 15) is 14.9 Å². The first-order chi connectivity index (χ1) is 17.8. The lowest BCUT2D eigenvalue weighted by atomic mass is 10.0. The SMILES string of the molecule is Cc1ccc(-c2nc3cc(C(C)C)ccc3o2)cc1NC(=O)c1ccc(N2CCCCC2)c([N+](=O)[O-])c1. The lowest BCUT2D eigenvalue weighted by molar-refractivity contribution is -0.384. The number of aromatic nitrogens is 1. The molecule has 4 aromatic rings. The maximum Gasteiger partial charge on any atom is 0.293 e. The molecule has 8 nitrogen and oxygen atoms in total. The number of nitro benzene ring substituents is 1. The van der Waals surface area contributed by atoms with E-state index in [2.05, 4.69) is 24.1 Å². The summed E-state index contributed by atoms with van der Waals surface area (Å²) in [4.78, 5) is 31.2. The zero-order chi connectivity index (χ0) is 26.1. The molecule has 1 fully saturated rings. The summed E-state index contributed by atoms with van der Waals surface area (Å²) in [6.07, 6.45) is 3.15. The Kier molecular flexibility index (Phi) is 6.65. The van der Waals surface area contributed by atoms with E-state index in [0.29, 0.717) is 28.8 Å². The van der Waals surface area contributed by atoms with E-state index in [1.165, 1.54) is 11.6 Å². The lowest BCUT2D eigenvalue weighted by Gasteiger charge is -2.28. The van der Waals surface area contributed by atoms with Crippen molar-refractivity contribution < 1.29 is 14.1 Å². The number of anilines is 2. The van der Waals surface area contributed by atoms with Crippen LogP contribution in [0.4, 0.5) is 17.1 Å². The molecule has 0 aliphatic carbocycles. The third-order valence-corrected chi connectivity index (χ3v) is 6.94. The summed E-state index contributed by atoms with van der Waals surface area (Å²) in [6, 6.07) is 16.3. The highest BCUT2D eigenvalue weighted by molar-refractivity contribution is 6.05. The molecule has 0 radical (unpaired) electrons. The maximum atomic E-state index is 13.1. The number of rotatable bonds is 6. The second-order valence-corrected chi connectivity index (χ2v) is 9.89. The van der Waals surface area contributed by atoms with Gasteiger partial charge in [0.1, 0.15) is 11.2 Å². The first kappa shape index (κ1) is 24.5. The number of nitrogens with one attached hydrogen (secondary N) is 1. The molecule has 190 valence electrons. The van der Waals surface area contributed by atoms with Gasteiger partial charge in [0.05, 0.1) is 4.92 Å². The second kappa shape index (κ2) is 10.0. The Morgan fingerprint density at radius 1 is 1.05 bits per heavy atom. The summed E-state index contributed by atoms with van der Waals surface area (Å²) in [5.41, 5.74) is 5.60. The number of benzene rings is 3. The van der Waals surface area contributed by atoms with E-state index in [1.54, 1.807) is 12.1 Å². The van der Waals surface area contributed by atoms with E-state index in [0.717, 1.165) is 49.0 Å². The van der Waals surface area contributed by atoms with Crippen LogP contribution in [0, 0.1) is 17.0 Å². The molecule has 1 aliphatic heterocycles. The molecule has 8 heteroatoms. The number of hydrogen-bond acceptors (Lipinski definition) is 6. The Hall–Kier alpha value is -4.20. The number of hydrogen-bond donors (Lipinski definition) is 1. The van der Waals surface area contributed by atoms with Gasteiger partial charge in [0, 0.05) is 36.0 Å². The summed E-state index contributed by atoms with van der Waals surface area (Å²) < 4.78 is 5.98. The lowest BCUT2D eigenvalue weighted by Crippen LogP contribution is -2.30. The Bertz CT molecular complexity index is 1480. The molecule has 0 unspecified atom stereocenters. The van der Waals surface area contributed by atoms with Crippen molar-refractivity contribution >= 4 is 34.1 Å². The second-order valence-electron chi connectivity index (χ2n) is 9.89. The molecule has 37 heavy (non-hydrogen) atoms. The van der Waals surface area contributed by atoms with Crippen LogP contribution >= 0.6 is 0 Å². The molecule has 0 bridgehead atoms. The van der Waals surface area contributed by atoms with Gasteiger partial charge in [0.2, 0.25) is 5.89 Å². The number of nitro groups is 1. The zero-order valence-corrected chi connectivity index (χ0v) is 21.3. The minimum atomic E-state index is -0.412. The van der Waals surface area contributed by atoms with Gasteiger partial charge in [-0.05, 0) is 79.6 Å². The van der Waals surface area contributed by atoms with Gasteiger partial charge in [-0.1, -0.05) is 26.0 Å². The van der Waals surface area contributed by atoms with Crippen molar-refractivity contribution in [2.45, 2.75) is 46.0 Å². The van der Waals surface area contributed by atoms with E-state index >= 15 is 0 Å². The van der Waals surface area contributed by atoms with Crippen LogP contribution in [0.5, 0.6) is 0 Å².